The highest BCUT2D eigenvalue weighted by Crippen LogP contribution is 2.32. The molecule has 2 heterocycles. The van der Waals surface area contributed by atoms with Gasteiger partial charge in [0.05, 0.1) is 0 Å². The molecular weight excluding hydrogens is 387 g/mol. The van der Waals surface area contributed by atoms with Crippen molar-refractivity contribution in [2.75, 3.05) is 23.3 Å². The van der Waals surface area contributed by atoms with E-state index in [0.717, 1.165) is 18.1 Å². The van der Waals surface area contributed by atoms with E-state index in [1.807, 2.05) is 43.0 Å². The molecule has 150 valence electrons. The average Bonchev–Trinajstić information content (AvgIpc) is 2.65. The van der Waals surface area contributed by atoms with E-state index in [1.54, 1.807) is 0 Å². The summed E-state index contributed by atoms with van der Waals surface area (Å²) in [7, 11) is 0. The Hall–Kier alpha value is -2.42. The normalized spacial score (nSPS) is 14.0. The molecule has 1 aromatic heterocycles. The smallest absolute Gasteiger partial charge is 0.362 e. The molecule has 1 aromatic carbocycles. The fraction of sp³-hybridized carbons (Fsp3) is 0.421. The first-order chi connectivity index (χ1) is 13.2. The Kier molecular flexibility index (Phi) is 6.02. The van der Waals surface area contributed by atoms with E-state index in [1.165, 1.54) is 5.56 Å². The van der Waals surface area contributed by atoms with E-state index in [-0.39, 0.29) is 16.9 Å². The molecule has 0 spiro atoms. The van der Waals surface area contributed by atoms with Crippen LogP contribution in [0.5, 0.6) is 0 Å². The minimum atomic E-state index is -4.57. The van der Waals surface area contributed by atoms with Gasteiger partial charge in [-0.25, -0.2) is 4.98 Å². The summed E-state index contributed by atoms with van der Waals surface area (Å²) in [4.78, 5) is 9.72. The first-order valence-corrected chi connectivity index (χ1v) is 9.46. The zero-order chi connectivity index (χ0) is 20.3. The predicted octanol–water partition coefficient (Wildman–Crippen LogP) is 4.00. The predicted molar refractivity (Wildman–Crippen MR) is 107 cm³/mol. The summed E-state index contributed by atoms with van der Waals surface area (Å²) in [5.74, 6) is 0.405. The largest absolute Gasteiger partial charge is 0.433 e. The van der Waals surface area contributed by atoms with Crippen molar-refractivity contribution in [1.29, 1.82) is 0 Å². The third kappa shape index (κ3) is 5.09. The van der Waals surface area contributed by atoms with Gasteiger partial charge >= 0.3 is 6.18 Å². The molecular formula is C19H22F3N5S. The lowest BCUT2D eigenvalue weighted by Crippen LogP contribution is -2.34. The number of aromatic nitrogens is 2. The molecule has 1 aliphatic heterocycles. The van der Waals surface area contributed by atoms with E-state index >= 15 is 0 Å². The second-order valence-corrected chi connectivity index (χ2v) is 7.51. The molecule has 1 aliphatic rings. The quantitative estimate of drug-likeness (QED) is 0.745. The summed E-state index contributed by atoms with van der Waals surface area (Å²) >= 11 is 5.15. The third-order valence-electron chi connectivity index (χ3n) is 4.35. The van der Waals surface area contributed by atoms with Crippen molar-refractivity contribution in [2.45, 2.75) is 33.0 Å². The standard InChI is InChI=1S/C19H22F3N5S/c1-12(2)10-23-18(28)26-17-24-15(19(20,21)22)9-16(25-17)27-8-7-13-5-3-4-6-14(13)11-27/h3-6,9,12H,7-8,10-11H2,1-2H3,(H2,23,24,25,26,28). The Labute approximate surface area is 167 Å². The number of halogens is 3. The zero-order valence-corrected chi connectivity index (χ0v) is 16.5. The number of nitrogens with one attached hydrogen (secondary N) is 2. The minimum absolute atomic E-state index is 0.162. The van der Waals surface area contributed by atoms with Crippen LogP contribution in [0.4, 0.5) is 24.9 Å². The lowest BCUT2D eigenvalue weighted by Gasteiger charge is -2.30. The van der Waals surface area contributed by atoms with Crippen LogP contribution in [0.2, 0.25) is 0 Å². The average molecular weight is 409 g/mol. The first-order valence-electron chi connectivity index (χ1n) is 9.05. The Balaban J connectivity index is 1.85. The number of nitrogens with zero attached hydrogens (tertiary/aromatic N) is 3. The topological polar surface area (TPSA) is 53.1 Å². The number of rotatable bonds is 4. The van der Waals surface area contributed by atoms with Gasteiger partial charge in [0.15, 0.2) is 10.8 Å². The minimum Gasteiger partial charge on any atom is -0.362 e. The van der Waals surface area contributed by atoms with Crippen molar-refractivity contribution < 1.29 is 13.2 Å². The van der Waals surface area contributed by atoms with Gasteiger partial charge < -0.3 is 15.5 Å². The summed E-state index contributed by atoms with van der Waals surface area (Å²) in [5.41, 5.74) is 1.30. The molecule has 0 radical (unpaired) electrons. The van der Waals surface area contributed by atoms with Gasteiger partial charge in [0.1, 0.15) is 5.82 Å². The van der Waals surface area contributed by atoms with Crippen LogP contribution in [0.3, 0.4) is 0 Å². The van der Waals surface area contributed by atoms with Crippen LogP contribution in [0.1, 0.15) is 30.7 Å². The van der Waals surface area contributed by atoms with E-state index in [0.29, 0.717) is 25.6 Å². The van der Waals surface area contributed by atoms with Gasteiger partial charge in [-0.05, 0) is 35.7 Å². The van der Waals surface area contributed by atoms with Crippen molar-refractivity contribution in [2.24, 2.45) is 5.92 Å². The Bertz CT molecular complexity index is 854. The first kappa shape index (κ1) is 20.3. The fourth-order valence-electron chi connectivity index (χ4n) is 2.93. The highest BCUT2D eigenvalue weighted by molar-refractivity contribution is 7.80. The van der Waals surface area contributed by atoms with E-state index in [4.69, 9.17) is 12.2 Å². The SMILES string of the molecule is CC(C)CNC(=S)Nc1nc(N2CCc3ccccc3C2)cc(C(F)(F)F)n1. The Morgan fingerprint density at radius 3 is 2.61 bits per heavy atom. The monoisotopic (exact) mass is 409 g/mol. The van der Waals surface area contributed by atoms with Gasteiger partial charge in [-0.1, -0.05) is 38.1 Å². The zero-order valence-electron chi connectivity index (χ0n) is 15.7. The molecule has 0 atom stereocenters. The molecule has 2 N–H and O–H groups in total. The number of hydrogen-bond donors (Lipinski definition) is 2. The number of hydrogen-bond acceptors (Lipinski definition) is 4. The van der Waals surface area contributed by atoms with Crippen LogP contribution in [-0.2, 0) is 19.1 Å². The van der Waals surface area contributed by atoms with Crippen LogP contribution in [0, 0.1) is 5.92 Å². The van der Waals surface area contributed by atoms with Crippen molar-refractivity contribution in [3.63, 3.8) is 0 Å². The van der Waals surface area contributed by atoms with Crippen molar-refractivity contribution in [3.8, 4) is 0 Å². The molecule has 0 unspecified atom stereocenters. The maximum Gasteiger partial charge on any atom is 0.433 e. The summed E-state index contributed by atoms with van der Waals surface area (Å²) < 4.78 is 40.1. The Morgan fingerprint density at radius 2 is 1.93 bits per heavy atom. The Morgan fingerprint density at radius 1 is 1.21 bits per heavy atom. The lowest BCUT2D eigenvalue weighted by atomic mass is 10.00. The van der Waals surface area contributed by atoms with Gasteiger partial charge in [0, 0.05) is 25.7 Å². The molecule has 3 rings (SSSR count). The van der Waals surface area contributed by atoms with Crippen LogP contribution >= 0.6 is 12.2 Å². The number of benzene rings is 1. The molecule has 0 fully saturated rings. The maximum atomic E-state index is 13.4. The van der Waals surface area contributed by atoms with Crippen LogP contribution in [0.25, 0.3) is 0 Å². The highest BCUT2D eigenvalue weighted by atomic mass is 32.1. The summed E-state index contributed by atoms with van der Waals surface area (Å²) in [6.07, 6.45) is -3.83. The number of anilines is 2. The van der Waals surface area contributed by atoms with Gasteiger partial charge in [-0.15, -0.1) is 0 Å². The van der Waals surface area contributed by atoms with Gasteiger partial charge in [-0.2, -0.15) is 18.2 Å². The fourth-order valence-corrected chi connectivity index (χ4v) is 3.11. The van der Waals surface area contributed by atoms with Crippen LogP contribution < -0.4 is 15.5 Å². The van der Waals surface area contributed by atoms with Gasteiger partial charge in [0.25, 0.3) is 0 Å². The van der Waals surface area contributed by atoms with E-state index in [2.05, 4.69) is 20.6 Å². The number of thiocarbonyl (C=S) groups is 1. The summed E-state index contributed by atoms with van der Waals surface area (Å²) in [5, 5.41) is 5.82. The van der Waals surface area contributed by atoms with Crippen molar-refractivity contribution >= 4 is 29.1 Å². The summed E-state index contributed by atoms with van der Waals surface area (Å²) in [6, 6.07) is 8.91. The molecule has 2 aromatic rings. The molecule has 0 saturated carbocycles. The number of fused-ring (bicyclic) bond motifs is 1. The van der Waals surface area contributed by atoms with E-state index in [9.17, 15) is 13.2 Å². The molecule has 0 saturated heterocycles. The second-order valence-electron chi connectivity index (χ2n) is 7.10. The molecule has 28 heavy (non-hydrogen) atoms. The molecule has 0 amide bonds. The van der Waals surface area contributed by atoms with Gasteiger partial charge in [0.2, 0.25) is 5.95 Å². The maximum absolute atomic E-state index is 13.4. The molecule has 0 bridgehead atoms. The van der Waals surface area contributed by atoms with Gasteiger partial charge in [-0.3, -0.25) is 0 Å². The van der Waals surface area contributed by atoms with Crippen LogP contribution in [-0.4, -0.2) is 28.2 Å². The molecule has 9 heteroatoms. The molecule has 0 aliphatic carbocycles. The highest BCUT2D eigenvalue weighted by Gasteiger charge is 2.34. The summed E-state index contributed by atoms with van der Waals surface area (Å²) in [6.45, 7) is 5.69. The lowest BCUT2D eigenvalue weighted by molar-refractivity contribution is -0.141. The van der Waals surface area contributed by atoms with E-state index < -0.39 is 11.9 Å². The van der Waals surface area contributed by atoms with Crippen molar-refractivity contribution in [1.82, 2.24) is 15.3 Å². The van der Waals surface area contributed by atoms with Crippen LogP contribution in [0.15, 0.2) is 30.3 Å². The second kappa shape index (κ2) is 8.30. The number of alkyl halides is 3. The molecule has 5 nitrogen and oxygen atoms in total. The third-order valence-corrected chi connectivity index (χ3v) is 4.60. The van der Waals surface area contributed by atoms with Crippen molar-refractivity contribution in [3.05, 3.63) is 47.2 Å².